The first kappa shape index (κ1) is 16.7. The summed E-state index contributed by atoms with van der Waals surface area (Å²) in [6, 6.07) is 4.08. The van der Waals surface area contributed by atoms with Crippen molar-refractivity contribution >= 4 is 18.3 Å². The maximum Gasteiger partial charge on any atom is 0.416 e. The number of halogens is 4. The average molecular weight is 283 g/mol. The first-order valence-electron chi connectivity index (χ1n) is 5.10. The van der Waals surface area contributed by atoms with Gasteiger partial charge in [0.2, 0.25) is 0 Å². The van der Waals surface area contributed by atoms with Gasteiger partial charge in [-0.2, -0.15) is 13.2 Å². The molecule has 1 amide bonds. The van der Waals surface area contributed by atoms with Crippen molar-refractivity contribution < 1.29 is 18.0 Å². The van der Waals surface area contributed by atoms with Gasteiger partial charge in [0.15, 0.2) is 0 Å². The quantitative estimate of drug-likeness (QED) is 0.832. The molecule has 0 unspecified atom stereocenters. The summed E-state index contributed by atoms with van der Waals surface area (Å²) in [5.74, 6) is -0.396. The van der Waals surface area contributed by atoms with Gasteiger partial charge < -0.3 is 11.1 Å². The Bertz CT molecular complexity index is 379. The van der Waals surface area contributed by atoms with Gasteiger partial charge in [-0.1, -0.05) is 0 Å². The molecule has 18 heavy (non-hydrogen) atoms. The van der Waals surface area contributed by atoms with Crippen molar-refractivity contribution in [2.45, 2.75) is 12.6 Å². The summed E-state index contributed by atoms with van der Waals surface area (Å²) in [5, 5.41) is 2.56. The van der Waals surface area contributed by atoms with E-state index in [0.717, 1.165) is 24.3 Å². The van der Waals surface area contributed by atoms with Crippen LogP contribution in [0.15, 0.2) is 24.3 Å². The van der Waals surface area contributed by atoms with Crippen LogP contribution in [0, 0.1) is 0 Å². The molecular weight excluding hydrogens is 269 g/mol. The van der Waals surface area contributed by atoms with Crippen LogP contribution in [0.2, 0.25) is 0 Å². The number of hydrogen-bond donors (Lipinski definition) is 2. The minimum atomic E-state index is -4.38. The third kappa shape index (κ3) is 4.93. The van der Waals surface area contributed by atoms with Gasteiger partial charge >= 0.3 is 6.18 Å². The van der Waals surface area contributed by atoms with E-state index < -0.39 is 17.6 Å². The SMILES string of the molecule is Cl.NCCCNC(=O)c1ccc(C(F)(F)F)cc1. The second-order valence-corrected chi connectivity index (χ2v) is 3.47. The third-order valence-corrected chi connectivity index (χ3v) is 2.14. The number of nitrogens with one attached hydrogen (secondary N) is 1. The summed E-state index contributed by atoms with van der Waals surface area (Å²) in [6.07, 6.45) is -3.75. The summed E-state index contributed by atoms with van der Waals surface area (Å²) in [6.45, 7) is 0.865. The number of hydrogen-bond acceptors (Lipinski definition) is 2. The van der Waals surface area contributed by atoms with Crippen molar-refractivity contribution in [1.29, 1.82) is 0 Å². The van der Waals surface area contributed by atoms with Crippen LogP contribution in [0.25, 0.3) is 0 Å². The second kappa shape index (κ2) is 7.23. The molecule has 102 valence electrons. The molecule has 0 saturated carbocycles. The third-order valence-electron chi connectivity index (χ3n) is 2.14. The molecule has 0 radical (unpaired) electrons. The number of amides is 1. The number of benzene rings is 1. The Labute approximate surface area is 109 Å². The molecule has 0 saturated heterocycles. The molecule has 3 nitrogen and oxygen atoms in total. The van der Waals surface area contributed by atoms with E-state index in [-0.39, 0.29) is 18.0 Å². The van der Waals surface area contributed by atoms with Crippen LogP contribution < -0.4 is 11.1 Å². The zero-order valence-corrected chi connectivity index (χ0v) is 10.3. The predicted molar refractivity (Wildman–Crippen MR) is 64.7 cm³/mol. The molecule has 0 heterocycles. The molecule has 0 fully saturated rings. The molecule has 0 bridgehead atoms. The lowest BCUT2D eigenvalue weighted by atomic mass is 10.1. The van der Waals surface area contributed by atoms with Gasteiger partial charge in [0, 0.05) is 12.1 Å². The smallest absolute Gasteiger partial charge is 0.352 e. The van der Waals surface area contributed by atoms with E-state index in [0.29, 0.717) is 19.5 Å². The minimum Gasteiger partial charge on any atom is -0.352 e. The van der Waals surface area contributed by atoms with Crippen LogP contribution in [0.4, 0.5) is 13.2 Å². The highest BCUT2D eigenvalue weighted by Gasteiger charge is 2.30. The van der Waals surface area contributed by atoms with Crippen LogP contribution in [-0.4, -0.2) is 19.0 Å². The average Bonchev–Trinajstić information content (AvgIpc) is 2.28. The highest BCUT2D eigenvalue weighted by Crippen LogP contribution is 2.28. The fourth-order valence-corrected chi connectivity index (χ4v) is 1.22. The van der Waals surface area contributed by atoms with Crippen molar-refractivity contribution in [1.82, 2.24) is 5.32 Å². The fourth-order valence-electron chi connectivity index (χ4n) is 1.22. The predicted octanol–water partition coefficient (Wildman–Crippen LogP) is 2.21. The maximum absolute atomic E-state index is 12.3. The lowest BCUT2D eigenvalue weighted by Crippen LogP contribution is -2.26. The molecule has 0 spiro atoms. The molecule has 0 atom stereocenters. The largest absolute Gasteiger partial charge is 0.416 e. The maximum atomic E-state index is 12.3. The van der Waals surface area contributed by atoms with Crippen molar-refractivity contribution in [2.75, 3.05) is 13.1 Å². The van der Waals surface area contributed by atoms with Gasteiger partial charge in [0.05, 0.1) is 5.56 Å². The standard InChI is InChI=1S/C11H13F3N2O.ClH/c12-11(13,14)9-4-2-8(3-5-9)10(17)16-7-1-6-15;/h2-5H,1,6-7,15H2,(H,16,17);1H. The first-order valence-corrected chi connectivity index (χ1v) is 5.10. The lowest BCUT2D eigenvalue weighted by molar-refractivity contribution is -0.137. The van der Waals surface area contributed by atoms with Gasteiger partial charge in [0.25, 0.3) is 5.91 Å². The van der Waals surface area contributed by atoms with Crippen LogP contribution in [0.3, 0.4) is 0 Å². The Morgan fingerprint density at radius 2 is 1.78 bits per heavy atom. The summed E-state index contributed by atoms with van der Waals surface area (Å²) in [4.78, 5) is 11.4. The number of nitrogens with two attached hydrogens (primary N) is 1. The molecule has 3 N–H and O–H groups in total. The highest BCUT2D eigenvalue weighted by molar-refractivity contribution is 5.94. The van der Waals surface area contributed by atoms with Crippen LogP contribution in [0.1, 0.15) is 22.3 Å². The van der Waals surface area contributed by atoms with E-state index in [1.165, 1.54) is 0 Å². The number of carbonyl (C=O) groups is 1. The number of rotatable bonds is 4. The Morgan fingerprint density at radius 1 is 1.22 bits per heavy atom. The second-order valence-electron chi connectivity index (χ2n) is 3.47. The number of alkyl halides is 3. The fraction of sp³-hybridized carbons (Fsp3) is 0.364. The molecule has 0 aliphatic carbocycles. The Kier molecular flexibility index (Phi) is 6.72. The molecule has 1 aromatic carbocycles. The van der Waals surface area contributed by atoms with Crippen molar-refractivity contribution in [3.63, 3.8) is 0 Å². The van der Waals surface area contributed by atoms with Gasteiger partial charge in [-0.25, -0.2) is 0 Å². The van der Waals surface area contributed by atoms with Crippen LogP contribution in [-0.2, 0) is 6.18 Å². The molecular formula is C11H14ClF3N2O. The Morgan fingerprint density at radius 3 is 2.22 bits per heavy atom. The summed E-state index contributed by atoms with van der Waals surface area (Å²) >= 11 is 0. The molecule has 1 rings (SSSR count). The first-order chi connectivity index (χ1) is 7.95. The van der Waals surface area contributed by atoms with Crippen LogP contribution >= 0.6 is 12.4 Å². The zero-order chi connectivity index (χ0) is 12.9. The van der Waals surface area contributed by atoms with Gasteiger partial charge in [0.1, 0.15) is 0 Å². The van der Waals surface area contributed by atoms with Gasteiger partial charge in [-0.15, -0.1) is 12.4 Å². The van der Waals surface area contributed by atoms with E-state index in [4.69, 9.17) is 5.73 Å². The zero-order valence-electron chi connectivity index (χ0n) is 9.46. The lowest BCUT2D eigenvalue weighted by Gasteiger charge is -2.08. The van der Waals surface area contributed by atoms with E-state index in [9.17, 15) is 18.0 Å². The minimum absolute atomic E-state index is 0. The van der Waals surface area contributed by atoms with E-state index in [2.05, 4.69) is 5.32 Å². The van der Waals surface area contributed by atoms with Crippen LogP contribution in [0.5, 0.6) is 0 Å². The van der Waals surface area contributed by atoms with Crippen molar-refractivity contribution in [2.24, 2.45) is 5.73 Å². The Balaban J connectivity index is 0.00000289. The number of carbonyl (C=O) groups excluding carboxylic acids is 1. The molecule has 0 aliphatic heterocycles. The Hall–Kier alpha value is -1.27. The van der Waals surface area contributed by atoms with E-state index >= 15 is 0 Å². The van der Waals surface area contributed by atoms with Gasteiger partial charge in [-0.05, 0) is 37.2 Å². The monoisotopic (exact) mass is 282 g/mol. The summed E-state index contributed by atoms with van der Waals surface area (Å²) in [7, 11) is 0. The van der Waals surface area contributed by atoms with Crippen molar-refractivity contribution in [3.8, 4) is 0 Å². The van der Waals surface area contributed by atoms with Gasteiger partial charge in [-0.3, -0.25) is 4.79 Å². The van der Waals surface area contributed by atoms with E-state index in [1.54, 1.807) is 0 Å². The summed E-state index contributed by atoms with van der Waals surface area (Å²) < 4.78 is 36.8. The molecule has 0 aromatic heterocycles. The normalized spacial score (nSPS) is 10.7. The molecule has 1 aromatic rings. The summed E-state index contributed by atoms with van der Waals surface area (Å²) in [5.41, 5.74) is 4.68. The van der Waals surface area contributed by atoms with E-state index in [1.807, 2.05) is 0 Å². The molecule has 7 heteroatoms. The van der Waals surface area contributed by atoms with Crippen molar-refractivity contribution in [3.05, 3.63) is 35.4 Å². The topological polar surface area (TPSA) is 55.1 Å². The molecule has 0 aliphatic rings. The highest BCUT2D eigenvalue weighted by atomic mass is 35.5.